The van der Waals surface area contributed by atoms with Gasteiger partial charge in [0.1, 0.15) is 23.0 Å². The molecule has 4 rings (SSSR count). The molecule has 3 aromatic rings. The van der Waals surface area contributed by atoms with E-state index in [-0.39, 0.29) is 5.91 Å². The Hall–Kier alpha value is -2.69. The van der Waals surface area contributed by atoms with Crippen LogP contribution < -0.4 is 4.74 Å². The van der Waals surface area contributed by atoms with Crippen molar-refractivity contribution in [1.82, 2.24) is 9.88 Å². The summed E-state index contributed by atoms with van der Waals surface area (Å²) in [5, 5.41) is 0.994. The van der Waals surface area contributed by atoms with Crippen molar-refractivity contribution in [2.45, 2.75) is 32.7 Å². The third-order valence-corrected chi connectivity index (χ3v) is 5.03. The largest absolute Gasteiger partial charge is 0.494 e. The van der Waals surface area contributed by atoms with E-state index in [1.165, 1.54) is 6.42 Å². The molecule has 0 radical (unpaired) electrons. The Morgan fingerprint density at radius 1 is 1.31 bits per heavy atom. The first-order chi connectivity index (χ1) is 12.5. The predicted molar refractivity (Wildman–Crippen MR) is 100 cm³/mol. The molecule has 26 heavy (non-hydrogen) atoms. The van der Waals surface area contributed by atoms with Gasteiger partial charge in [0.05, 0.1) is 13.2 Å². The van der Waals surface area contributed by atoms with Crippen LogP contribution in [0.15, 0.2) is 40.8 Å². The van der Waals surface area contributed by atoms with Gasteiger partial charge in [-0.2, -0.15) is 0 Å². The van der Waals surface area contributed by atoms with E-state index in [9.17, 15) is 4.79 Å². The fourth-order valence-corrected chi connectivity index (χ4v) is 3.39. The van der Waals surface area contributed by atoms with Gasteiger partial charge in [0.15, 0.2) is 0 Å². The molecule has 5 nitrogen and oxygen atoms in total. The Balaban J connectivity index is 1.47. The Kier molecular flexibility index (Phi) is 4.23. The first-order valence-electron chi connectivity index (χ1n) is 9.14. The van der Waals surface area contributed by atoms with Crippen molar-refractivity contribution in [3.05, 3.63) is 53.6 Å². The van der Waals surface area contributed by atoms with Crippen molar-refractivity contribution in [2.24, 2.45) is 5.92 Å². The van der Waals surface area contributed by atoms with Crippen molar-refractivity contribution in [1.29, 1.82) is 0 Å². The van der Waals surface area contributed by atoms with E-state index in [4.69, 9.17) is 9.15 Å². The fourth-order valence-electron chi connectivity index (χ4n) is 3.39. The Bertz CT molecular complexity index is 940. The molecule has 1 N–H and O–H groups in total. The molecule has 136 valence electrons. The molecule has 1 aromatic carbocycles. The van der Waals surface area contributed by atoms with Gasteiger partial charge < -0.3 is 19.0 Å². The van der Waals surface area contributed by atoms with Gasteiger partial charge in [-0.25, -0.2) is 0 Å². The maximum Gasteiger partial charge on any atom is 0.270 e. The molecule has 0 spiro atoms. The van der Waals surface area contributed by atoms with E-state index >= 15 is 0 Å². The van der Waals surface area contributed by atoms with E-state index in [2.05, 4.69) is 11.9 Å². The lowest BCUT2D eigenvalue weighted by atomic mass is 10.2. The normalized spacial score (nSPS) is 18.9. The number of ether oxygens (including phenoxy) is 1. The Morgan fingerprint density at radius 2 is 2.12 bits per heavy atom. The lowest BCUT2D eigenvalue weighted by molar-refractivity contribution is 0.0770. The number of furan rings is 1. The number of carbonyl (C=O) groups is 1. The first kappa shape index (κ1) is 16.8. The molecule has 5 heteroatoms. The number of amides is 1. The number of nitrogens with one attached hydrogen (secondary N) is 1. The molecular formula is C21H24N2O3. The fraction of sp³-hybridized carbons (Fsp3) is 0.381. The summed E-state index contributed by atoms with van der Waals surface area (Å²) in [4.78, 5) is 17.6. The number of aromatic amines is 1. The number of rotatable bonds is 6. The molecule has 1 aliphatic carbocycles. The summed E-state index contributed by atoms with van der Waals surface area (Å²) in [6.07, 6.45) is 1.19. The Morgan fingerprint density at radius 3 is 2.85 bits per heavy atom. The quantitative estimate of drug-likeness (QED) is 0.708. The molecule has 1 saturated carbocycles. The van der Waals surface area contributed by atoms with Gasteiger partial charge in [-0.15, -0.1) is 0 Å². The van der Waals surface area contributed by atoms with Gasteiger partial charge in [-0.3, -0.25) is 4.79 Å². The van der Waals surface area contributed by atoms with Crippen molar-refractivity contribution >= 4 is 16.8 Å². The van der Waals surface area contributed by atoms with Crippen molar-refractivity contribution in [2.75, 3.05) is 13.7 Å². The highest BCUT2D eigenvalue weighted by atomic mass is 16.5. The summed E-state index contributed by atoms with van der Waals surface area (Å²) in [6.45, 7) is 5.26. The summed E-state index contributed by atoms with van der Waals surface area (Å²) >= 11 is 0. The molecule has 1 fully saturated rings. The number of hydrogen-bond acceptors (Lipinski definition) is 3. The monoisotopic (exact) mass is 352 g/mol. The van der Waals surface area contributed by atoms with E-state index in [0.29, 0.717) is 30.7 Å². The number of H-pyrrole nitrogens is 1. The number of aromatic nitrogens is 1. The zero-order valence-corrected chi connectivity index (χ0v) is 15.4. The summed E-state index contributed by atoms with van der Waals surface area (Å²) in [7, 11) is 1.79. The molecule has 2 aromatic heterocycles. The summed E-state index contributed by atoms with van der Waals surface area (Å²) in [5.41, 5.74) is 1.47. The van der Waals surface area contributed by atoms with E-state index in [1.54, 1.807) is 11.9 Å². The zero-order valence-electron chi connectivity index (χ0n) is 15.4. The minimum Gasteiger partial charge on any atom is -0.494 e. The van der Waals surface area contributed by atoms with Crippen LogP contribution in [0.3, 0.4) is 0 Å². The predicted octanol–water partition coefficient (Wildman–Crippen LogP) is 4.56. The van der Waals surface area contributed by atoms with Crippen LogP contribution in [0.5, 0.6) is 5.75 Å². The van der Waals surface area contributed by atoms with Gasteiger partial charge >= 0.3 is 0 Å². The third kappa shape index (κ3) is 3.21. The van der Waals surface area contributed by atoms with Gasteiger partial charge in [0.25, 0.3) is 5.91 Å². The standard InChI is InChI=1S/C21H24N2O3/c1-4-25-15-6-5-14-10-19(22-18(14)11-15)21(24)23(3)12-16-7-8-20(26-16)17-9-13(17)2/h5-8,10-11,13,17,22H,4,9,12H2,1-3H3/t13-,17-/m1/s1. The molecular weight excluding hydrogens is 328 g/mol. The molecule has 0 aliphatic heterocycles. The van der Waals surface area contributed by atoms with Crippen LogP contribution in [-0.4, -0.2) is 29.4 Å². The molecule has 2 heterocycles. The third-order valence-electron chi connectivity index (χ3n) is 5.03. The van der Waals surface area contributed by atoms with Gasteiger partial charge in [-0.1, -0.05) is 6.92 Å². The van der Waals surface area contributed by atoms with Crippen LogP contribution in [0.2, 0.25) is 0 Å². The van der Waals surface area contributed by atoms with Crippen molar-refractivity contribution in [3.8, 4) is 5.75 Å². The maximum atomic E-state index is 12.8. The van der Waals surface area contributed by atoms with Crippen LogP contribution in [0.4, 0.5) is 0 Å². The second-order valence-corrected chi connectivity index (χ2v) is 7.15. The van der Waals surface area contributed by atoms with Crippen LogP contribution >= 0.6 is 0 Å². The number of benzene rings is 1. The van der Waals surface area contributed by atoms with Crippen molar-refractivity contribution in [3.63, 3.8) is 0 Å². The minimum absolute atomic E-state index is 0.0584. The highest BCUT2D eigenvalue weighted by molar-refractivity contribution is 5.98. The molecule has 1 amide bonds. The second-order valence-electron chi connectivity index (χ2n) is 7.15. The number of fused-ring (bicyclic) bond motifs is 1. The average Bonchev–Trinajstić information content (AvgIpc) is 3.02. The van der Waals surface area contributed by atoms with Crippen LogP contribution in [-0.2, 0) is 6.54 Å². The number of nitrogens with zero attached hydrogens (tertiary/aromatic N) is 1. The average molecular weight is 352 g/mol. The minimum atomic E-state index is -0.0584. The summed E-state index contributed by atoms with van der Waals surface area (Å²) in [5.74, 6) is 3.87. The lowest BCUT2D eigenvalue weighted by Crippen LogP contribution is -2.26. The van der Waals surface area contributed by atoms with Crippen LogP contribution in [0.1, 0.15) is 48.2 Å². The molecule has 2 atom stereocenters. The molecule has 0 unspecified atom stereocenters. The number of hydrogen-bond donors (Lipinski definition) is 1. The van der Waals surface area contributed by atoms with E-state index < -0.39 is 0 Å². The van der Waals surface area contributed by atoms with Gasteiger partial charge in [0.2, 0.25) is 0 Å². The Labute approximate surface area is 152 Å². The molecule has 1 aliphatic rings. The first-order valence-corrected chi connectivity index (χ1v) is 9.14. The van der Waals surface area contributed by atoms with E-state index in [1.807, 2.05) is 43.3 Å². The zero-order chi connectivity index (χ0) is 18.3. The summed E-state index contributed by atoms with van der Waals surface area (Å²) < 4.78 is 11.4. The van der Waals surface area contributed by atoms with Crippen LogP contribution in [0.25, 0.3) is 10.9 Å². The van der Waals surface area contributed by atoms with Crippen molar-refractivity contribution < 1.29 is 13.9 Å². The smallest absolute Gasteiger partial charge is 0.270 e. The van der Waals surface area contributed by atoms with Crippen LogP contribution in [0, 0.1) is 5.92 Å². The second kappa shape index (κ2) is 6.56. The highest BCUT2D eigenvalue weighted by Gasteiger charge is 2.36. The van der Waals surface area contributed by atoms with E-state index in [0.717, 1.165) is 28.2 Å². The maximum absolute atomic E-state index is 12.8. The molecule has 0 bridgehead atoms. The SMILES string of the molecule is CCOc1ccc2cc(C(=O)N(C)Cc3ccc([C@@H]4C[C@H]4C)o3)[nH]c2c1. The summed E-state index contributed by atoms with van der Waals surface area (Å²) in [6, 6.07) is 11.7. The number of carbonyl (C=O) groups excluding carboxylic acids is 1. The highest BCUT2D eigenvalue weighted by Crippen LogP contribution is 2.47. The molecule has 0 saturated heterocycles. The van der Waals surface area contributed by atoms with Gasteiger partial charge in [0, 0.05) is 29.9 Å². The van der Waals surface area contributed by atoms with Gasteiger partial charge in [-0.05, 0) is 49.6 Å². The topological polar surface area (TPSA) is 58.5 Å². The lowest BCUT2D eigenvalue weighted by Gasteiger charge is -2.14.